The lowest BCUT2D eigenvalue weighted by Gasteiger charge is -2.45. The quantitative estimate of drug-likeness (QED) is 0.719. The molecule has 2 rings (SSSR count). The molecule has 0 aromatic carbocycles. The summed E-state index contributed by atoms with van der Waals surface area (Å²) >= 11 is 0. The molecule has 1 atom stereocenters. The molecule has 0 aromatic rings. The first-order valence-corrected chi connectivity index (χ1v) is 5.66. The SMILES string of the molecule is CC1(C)CCCN1C1(CN)CCOC1. The molecule has 0 spiro atoms. The zero-order valence-electron chi connectivity index (χ0n) is 9.38. The van der Waals surface area contributed by atoms with E-state index in [2.05, 4.69) is 18.7 Å². The normalized spacial score (nSPS) is 37.9. The van der Waals surface area contributed by atoms with Gasteiger partial charge in [0.1, 0.15) is 0 Å². The number of likely N-dealkylation sites (tertiary alicyclic amines) is 1. The Morgan fingerprint density at radius 2 is 2.14 bits per heavy atom. The van der Waals surface area contributed by atoms with Gasteiger partial charge in [0.05, 0.1) is 12.1 Å². The van der Waals surface area contributed by atoms with E-state index in [9.17, 15) is 0 Å². The molecule has 0 bridgehead atoms. The molecule has 0 aliphatic carbocycles. The summed E-state index contributed by atoms with van der Waals surface area (Å²) in [6, 6.07) is 0. The molecular formula is C11H22N2O. The van der Waals surface area contributed by atoms with Gasteiger partial charge in [-0.1, -0.05) is 0 Å². The maximum Gasteiger partial charge on any atom is 0.0663 e. The largest absolute Gasteiger partial charge is 0.379 e. The van der Waals surface area contributed by atoms with E-state index < -0.39 is 0 Å². The molecular weight excluding hydrogens is 176 g/mol. The summed E-state index contributed by atoms with van der Waals surface area (Å²) in [6.07, 6.45) is 3.69. The molecule has 3 heteroatoms. The van der Waals surface area contributed by atoms with Gasteiger partial charge in [-0.15, -0.1) is 0 Å². The highest BCUT2D eigenvalue weighted by atomic mass is 16.5. The summed E-state index contributed by atoms with van der Waals surface area (Å²) in [5.41, 5.74) is 6.40. The summed E-state index contributed by atoms with van der Waals surface area (Å²) < 4.78 is 5.54. The number of nitrogens with zero attached hydrogens (tertiary/aromatic N) is 1. The van der Waals surface area contributed by atoms with Crippen LogP contribution in [0.25, 0.3) is 0 Å². The van der Waals surface area contributed by atoms with E-state index in [-0.39, 0.29) is 5.54 Å². The summed E-state index contributed by atoms with van der Waals surface area (Å²) in [5.74, 6) is 0. The number of rotatable bonds is 2. The second-order valence-electron chi connectivity index (χ2n) is 5.30. The summed E-state index contributed by atoms with van der Waals surface area (Å²) in [6.45, 7) is 8.28. The number of ether oxygens (including phenoxy) is 1. The average Bonchev–Trinajstić information content (AvgIpc) is 2.71. The van der Waals surface area contributed by atoms with E-state index in [0.29, 0.717) is 5.54 Å². The van der Waals surface area contributed by atoms with E-state index in [1.807, 2.05) is 0 Å². The monoisotopic (exact) mass is 198 g/mol. The third kappa shape index (κ3) is 1.47. The molecule has 82 valence electrons. The first kappa shape index (κ1) is 10.4. The van der Waals surface area contributed by atoms with Crippen molar-refractivity contribution in [1.29, 1.82) is 0 Å². The van der Waals surface area contributed by atoms with Crippen LogP contribution in [-0.4, -0.2) is 42.3 Å². The van der Waals surface area contributed by atoms with Gasteiger partial charge >= 0.3 is 0 Å². The van der Waals surface area contributed by atoms with Gasteiger partial charge in [0, 0.05) is 18.7 Å². The maximum absolute atomic E-state index is 5.95. The fourth-order valence-corrected chi connectivity index (χ4v) is 3.07. The topological polar surface area (TPSA) is 38.5 Å². The third-order valence-corrected chi connectivity index (χ3v) is 3.94. The van der Waals surface area contributed by atoms with Gasteiger partial charge in [0.25, 0.3) is 0 Å². The summed E-state index contributed by atoms with van der Waals surface area (Å²) in [4.78, 5) is 2.59. The molecule has 0 radical (unpaired) electrons. The Morgan fingerprint density at radius 1 is 1.36 bits per heavy atom. The van der Waals surface area contributed by atoms with Gasteiger partial charge < -0.3 is 10.5 Å². The molecule has 0 saturated carbocycles. The first-order valence-electron chi connectivity index (χ1n) is 5.66. The molecule has 2 aliphatic rings. The minimum absolute atomic E-state index is 0.139. The summed E-state index contributed by atoms with van der Waals surface area (Å²) in [5, 5.41) is 0. The van der Waals surface area contributed by atoms with E-state index in [0.717, 1.165) is 26.2 Å². The van der Waals surface area contributed by atoms with E-state index in [1.54, 1.807) is 0 Å². The predicted octanol–water partition coefficient (Wildman–Crippen LogP) is 0.979. The van der Waals surface area contributed by atoms with Crippen LogP contribution in [0, 0.1) is 0 Å². The Bertz CT molecular complexity index is 209. The highest BCUT2D eigenvalue weighted by Crippen LogP contribution is 2.38. The third-order valence-electron chi connectivity index (χ3n) is 3.94. The van der Waals surface area contributed by atoms with E-state index >= 15 is 0 Å². The molecule has 0 amide bonds. The van der Waals surface area contributed by atoms with Crippen molar-refractivity contribution in [2.45, 2.75) is 44.2 Å². The molecule has 1 unspecified atom stereocenters. The smallest absolute Gasteiger partial charge is 0.0663 e. The van der Waals surface area contributed by atoms with Gasteiger partial charge in [-0.2, -0.15) is 0 Å². The van der Waals surface area contributed by atoms with E-state index in [4.69, 9.17) is 10.5 Å². The van der Waals surface area contributed by atoms with E-state index in [1.165, 1.54) is 19.4 Å². The molecule has 2 aliphatic heterocycles. The van der Waals surface area contributed by atoms with Gasteiger partial charge in [-0.25, -0.2) is 0 Å². The van der Waals surface area contributed by atoms with Crippen molar-refractivity contribution in [3.8, 4) is 0 Å². The van der Waals surface area contributed by atoms with Crippen LogP contribution in [0.3, 0.4) is 0 Å². The molecule has 0 aromatic heterocycles. The van der Waals surface area contributed by atoms with Crippen molar-refractivity contribution >= 4 is 0 Å². The standard InChI is InChI=1S/C11H22N2O/c1-10(2)4-3-6-13(10)11(8-12)5-7-14-9-11/h3-9,12H2,1-2H3. The van der Waals surface area contributed by atoms with Gasteiger partial charge in [-0.05, 0) is 39.7 Å². The number of nitrogens with two attached hydrogens (primary N) is 1. The highest BCUT2D eigenvalue weighted by molar-refractivity contribution is 5.03. The van der Waals surface area contributed by atoms with Crippen LogP contribution in [-0.2, 0) is 4.74 Å². The van der Waals surface area contributed by atoms with Crippen molar-refractivity contribution in [3.05, 3.63) is 0 Å². The van der Waals surface area contributed by atoms with Crippen LogP contribution < -0.4 is 5.73 Å². The van der Waals surface area contributed by atoms with Crippen molar-refractivity contribution < 1.29 is 4.74 Å². The zero-order chi connectivity index (χ0) is 10.2. The Morgan fingerprint density at radius 3 is 2.57 bits per heavy atom. The second kappa shape index (κ2) is 3.47. The lowest BCUT2D eigenvalue weighted by Crippen LogP contribution is -2.59. The number of hydrogen-bond donors (Lipinski definition) is 1. The molecule has 2 heterocycles. The Balaban J connectivity index is 2.19. The van der Waals surface area contributed by atoms with Gasteiger partial charge in [0.15, 0.2) is 0 Å². The Kier molecular flexibility index (Phi) is 2.58. The first-order chi connectivity index (χ1) is 6.61. The van der Waals surface area contributed by atoms with Crippen LogP contribution in [0.1, 0.15) is 33.1 Å². The number of hydrogen-bond acceptors (Lipinski definition) is 3. The van der Waals surface area contributed by atoms with Crippen LogP contribution in [0.5, 0.6) is 0 Å². The summed E-state index contributed by atoms with van der Waals surface area (Å²) in [7, 11) is 0. The molecule has 14 heavy (non-hydrogen) atoms. The lowest BCUT2D eigenvalue weighted by molar-refractivity contribution is 0.0248. The Hall–Kier alpha value is -0.120. The van der Waals surface area contributed by atoms with Crippen LogP contribution in [0.15, 0.2) is 0 Å². The average molecular weight is 198 g/mol. The van der Waals surface area contributed by atoms with Crippen LogP contribution >= 0.6 is 0 Å². The highest BCUT2D eigenvalue weighted by Gasteiger charge is 2.47. The fourth-order valence-electron chi connectivity index (χ4n) is 3.07. The van der Waals surface area contributed by atoms with Crippen molar-refractivity contribution in [2.24, 2.45) is 5.73 Å². The fraction of sp³-hybridized carbons (Fsp3) is 1.00. The minimum Gasteiger partial charge on any atom is -0.379 e. The molecule has 2 N–H and O–H groups in total. The van der Waals surface area contributed by atoms with Crippen LogP contribution in [0.2, 0.25) is 0 Å². The lowest BCUT2D eigenvalue weighted by atomic mass is 9.91. The van der Waals surface area contributed by atoms with Gasteiger partial charge in [0.2, 0.25) is 0 Å². The molecule has 2 saturated heterocycles. The van der Waals surface area contributed by atoms with Crippen molar-refractivity contribution in [2.75, 3.05) is 26.3 Å². The molecule has 2 fully saturated rings. The maximum atomic E-state index is 5.95. The Labute approximate surface area is 86.6 Å². The zero-order valence-corrected chi connectivity index (χ0v) is 9.38. The van der Waals surface area contributed by atoms with Crippen molar-refractivity contribution in [3.63, 3.8) is 0 Å². The second-order valence-corrected chi connectivity index (χ2v) is 5.30. The van der Waals surface area contributed by atoms with Crippen LogP contribution in [0.4, 0.5) is 0 Å². The minimum atomic E-state index is 0.139. The van der Waals surface area contributed by atoms with Crippen molar-refractivity contribution in [1.82, 2.24) is 4.90 Å². The van der Waals surface area contributed by atoms with Gasteiger partial charge in [-0.3, -0.25) is 4.90 Å². The molecule has 3 nitrogen and oxygen atoms in total. The predicted molar refractivity (Wildman–Crippen MR) is 57.2 cm³/mol.